The smallest absolute Gasteiger partial charge is 0.164 e. The molecule has 6 aromatic carbocycles. The van der Waals surface area contributed by atoms with Gasteiger partial charge in [0, 0.05) is 32.9 Å². The lowest BCUT2D eigenvalue weighted by Gasteiger charge is -2.43. The zero-order valence-electron chi connectivity index (χ0n) is 28.0. The van der Waals surface area contributed by atoms with E-state index >= 15 is 0 Å². The highest BCUT2D eigenvalue weighted by Crippen LogP contribution is 2.39. The van der Waals surface area contributed by atoms with Gasteiger partial charge in [-0.15, -0.1) is 0 Å². The van der Waals surface area contributed by atoms with Crippen molar-refractivity contribution in [2.24, 2.45) is 0 Å². The van der Waals surface area contributed by atoms with Crippen LogP contribution >= 0.6 is 0 Å². The van der Waals surface area contributed by atoms with Gasteiger partial charge >= 0.3 is 0 Å². The molecule has 8 aromatic rings. The maximum atomic E-state index is 6.46. The topological polar surface area (TPSA) is 51.8 Å². The Balaban J connectivity index is 1.13. The summed E-state index contributed by atoms with van der Waals surface area (Å²) in [6.07, 6.45) is 0. The summed E-state index contributed by atoms with van der Waals surface area (Å²) in [5.74, 6) is 1.89. The van der Waals surface area contributed by atoms with Crippen LogP contribution in [0.2, 0.25) is 13.1 Å². The third kappa shape index (κ3) is 4.76. The molecule has 0 saturated heterocycles. The van der Waals surface area contributed by atoms with Crippen LogP contribution in [0.4, 0.5) is 0 Å². The fourth-order valence-electron chi connectivity index (χ4n) is 7.68. The van der Waals surface area contributed by atoms with Crippen molar-refractivity contribution in [3.63, 3.8) is 0 Å². The molecule has 0 spiro atoms. The lowest BCUT2D eigenvalue weighted by atomic mass is 9.76. The van der Waals surface area contributed by atoms with E-state index in [0.29, 0.717) is 17.5 Å². The SMILES string of the molecule is CC1(C)c2ccccc2[Si](C)(C)c2ccc(-c3ccc4oc5cc(-c6nc(-c7ccccc7)nc(-c7ccccc7)n6)ccc5c4c3)cc21. The molecule has 0 amide bonds. The first kappa shape index (κ1) is 29.5. The van der Waals surface area contributed by atoms with Crippen LogP contribution in [0.5, 0.6) is 0 Å². The van der Waals surface area contributed by atoms with Gasteiger partial charge < -0.3 is 4.42 Å². The molecule has 5 heteroatoms. The lowest BCUT2D eigenvalue weighted by Crippen LogP contribution is -2.61. The first-order valence-corrected chi connectivity index (χ1v) is 19.9. The molecule has 4 nitrogen and oxygen atoms in total. The Labute approximate surface area is 287 Å². The van der Waals surface area contributed by atoms with Crippen molar-refractivity contribution in [3.8, 4) is 45.3 Å². The van der Waals surface area contributed by atoms with E-state index < -0.39 is 8.07 Å². The van der Waals surface area contributed by atoms with E-state index in [9.17, 15) is 0 Å². The molecule has 0 fully saturated rings. The number of benzene rings is 6. The summed E-state index contributed by atoms with van der Waals surface area (Å²) < 4.78 is 6.46. The van der Waals surface area contributed by atoms with Crippen molar-refractivity contribution >= 4 is 40.4 Å². The number of aromatic nitrogens is 3. The molecule has 3 heterocycles. The summed E-state index contributed by atoms with van der Waals surface area (Å²) in [4.78, 5) is 14.7. The number of hydrogen-bond acceptors (Lipinski definition) is 4. The largest absolute Gasteiger partial charge is 0.456 e. The van der Waals surface area contributed by atoms with Crippen LogP contribution in [0.25, 0.3) is 67.2 Å². The Morgan fingerprint density at radius 3 is 1.69 bits per heavy atom. The quantitative estimate of drug-likeness (QED) is 0.178. The van der Waals surface area contributed by atoms with Gasteiger partial charge in [0.1, 0.15) is 19.2 Å². The molecule has 0 aliphatic carbocycles. The Morgan fingerprint density at radius 2 is 1.00 bits per heavy atom. The van der Waals surface area contributed by atoms with Crippen LogP contribution in [0.3, 0.4) is 0 Å². The van der Waals surface area contributed by atoms with Crippen LogP contribution < -0.4 is 10.4 Å². The summed E-state index contributed by atoms with van der Waals surface area (Å²) in [5, 5.41) is 5.26. The molecular weight excluding hydrogens is 615 g/mol. The summed E-state index contributed by atoms with van der Waals surface area (Å²) in [5.41, 5.74) is 9.71. The Morgan fingerprint density at radius 1 is 0.449 bits per heavy atom. The third-order valence-electron chi connectivity index (χ3n) is 10.4. The van der Waals surface area contributed by atoms with Gasteiger partial charge in [-0.05, 0) is 46.5 Å². The van der Waals surface area contributed by atoms with Crippen LogP contribution in [-0.4, -0.2) is 23.0 Å². The van der Waals surface area contributed by atoms with Crippen molar-refractivity contribution in [1.82, 2.24) is 15.0 Å². The van der Waals surface area contributed by atoms with E-state index in [1.165, 1.54) is 27.4 Å². The number of rotatable bonds is 4. The maximum Gasteiger partial charge on any atom is 0.164 e. The molecule has 0 atom stereocenters. The predicted octanol–water partition coefficient (Wildman–Crippen LogP) is 9.90. The first-order valence-electron chi connectivity index (χ1n) is 16.9. The Kier molecular flexibility index (Phi) is 6.58. The Hall–Kier alpha value is -5.65. The molecule has 9 rings (SSSR count). The fraction of sp³-hybridized carbons (Fsp3) is 0.114. The van der Waals surface area contributed by atoms with E-state index in [4.69, 9.17) is 19.4 Å². The van der Waals surface area contributed by atoms with Crippen LogP contribution in [0.15, 0.2) is 144 Å². The highest BCUT2D eigenvalue weighted by Gasteiger charge is 2.42. The van der Waals surface area contributed by atoms with Gasteiger partial charge in [0.25, 0.3) is 0 Å². The van der Waals surface area contributed by atoms with E-state index in [2.05, 4.69) is 106 Å². The van der Waals surface area contributed by atoms with E-state index in [-0.39, 0.29) is 5.41 Å². The number of hydrogen-bond donors (Lipinski definition) is 0. The summed E-state index contributed by atoms with van der Waals surface area (Å²) >= 11 is 0. The molecule has 1 aliphatic rings. The molecule has 236 valence electrons. The van der Waals surface area contributed by atoms with Gasteiger partial charge in [0.2, 0.25) is 0 Å². The van der Waals surface area contributed by atoms with Crippen molar-refractivity contribution in [2.75, 3.05) is 0 Å². The number of fused-ring (bicyclic) bond motifs is 5. The molecule has 0 radical (unpaired) electrons. The van der Waals surface area contributed by atoms with Gasteiger partial charge in [-0.25, -0.2) is 15.0 Å². The standard InChI is InChI=1S/C44H35N3OSi/c1-44(2)35-17-11-12-18-39(35)49(3,4)40-24-21-31(26-36(40)44)30-20-23-37-34(25-30)33-22-19-32(27-38(33)48-37)43-46-41(28-13-7-5-8-14-28)45-42(47-43)29-15-9-6-10-16-29/h5-27H,1-4H3. The van der Waals surface area contributed by atoms with Gasteiger partial charge in [-0.2, -0.15) is 0 Å². The number of furan rings is 1. The summed E-state index contributed by atoms with van der Waals surface area (Å²) in [6, 6.07) is 49.2. The zero-order chi connectivity index (χ0) is 33.3. The van der Waals surface area contributed by atoms with Gasteiger partial charge in [-0.1, -0.05) is 153 Å². The Bertz CT molecular complexity index is 2490. The predicted molar refractivity (Wildman–Crippen MR) is 204 cm³/mol. The van der Waals surface area contributed by atoms with E-state index in [1.807, 2.05) is 60.7 Å². The second-order valence-corrected chi connectivity index (χ2v) is 18.4. The summed E-state index contributed by atoms with van der Waals surface area (Å²) in [6.45, 7) is 9.72. The van der Waals surface area contributed by atoms with Crippen molar-refractivity contribution in [1.29, 1.82) is 0 Å². The van der Waals surface area contributed by atoms with Gasteiger partial charge in [0.05, 0.1) is 0 Å². The van der Waals surface area contributed by atoms with Gasteiger partial charge in [0.15, 0.2) is 17.5 Å². The average Bonchev–Trinajstić information content (AvgIpc) is 3.52. The average molecular weight is 650 g/mol. The highest BCUT2D eigenvalue weighted by atomic mass is 28.3. The molecule has 0 N–H and O–H groups in total. The van der Waals surface area contributed by atoms with Gasteiger partial charge in [-0.3, -0.25) is 0 Å². The highest BCUT2D eigenvalue weighted by molar-refractivity contribution is 7.01. The third-order valence-corrected chi connectivity index (χ3v) is 14.0. The fourth-order valence-corrected chi connectivity index (χ4v) is 11.1. The summed E-state index contributed by atoms with van der Waals surface area (Å²) in [7, 11) is -1.82. The minimum Gasteiger partial charge on any atom is -0.456 e. The number of nitrogens with zero attached hydrogens (tertiary/aromatic N) is 3. The molecule has 49 heavy (non-hydrogen) atoms. The molecule has 1 aliphatic heterocycles. The second kappa shape index (κ2) is 10.9. The molecular formula is C44H35N3OSi. The maximum absolute atomic E-state index is 6.46. The van der Waals surface area contributed by atoms with E-state index in [0.717, 1.165) is 38.6 Å². The normalized spacial score (nSPS) is 14.4. The monoisotopic (exact) mass is 649 g/mol. The minimum atomic E-state index is -1.82. The molecule has 2 aromatic heterocycles. The second-order valence-electron chi connectivity index (χ2n) is 14.1. The minimum absolute atomic E-state index is 0.0664. The van der Waals surface area contributed by atoms with Crippen molar-refractivity contribution in [3.05, 3.63) is 151 Å². The van der Waals surface area contributed by atoms with Crippen LogP contribution in [0.1, 0.15) is 25.0 Å². The molecule has 0 bridgehead atoms. The van der Waals surface area contributed by atoms with Crippen LogP contribution in [0, 0.1) is 0 Å². The zero-order valence-corrected chi connectivity index (χ0v) is 29.0. The van der Waals surface area contributed by atoms with Crippen molar-refractivity contribution < 1.29 is 4.42 Å². The molecule has 0 unspecified atom stereocenters. The van der Waals surface area contributed by atoms with E-state index in [1.54, 1.807) is 5.19 Å². The van der Waals surface area contributed by atoms with Crippen LogP contribution in [-0.2, 0) is 5.41 Å². The first-order chi connectivity index (χ1) is 23.8. The molecule has 0 saturated carbocycles. The van der Waals surface area contributed by atoms with Crippen molar-refractivity contribution in [2.45, 2.75) is 32.4 Å². The lowest BCUT2D eigenvalue weighted by molar-refractivity contribution is 0.645.